The summed E-state index contributed by atoms with van der Waals surface area (Å²) in [6.07, 6.45) is 1.07. The summed E-state index contributed by atoms with van der Waals surface area (Å²) in [5.41, 5.74) is 2.46. The first kappa shape index (κ1) is 11.8. The van der Waals surface area contributed by atoms with E-state index in [1.165, 1.54) is 24.3 Å². The Hall–Kier alpha value is -2.29. The highest BCUT2D eigenvalue weighted by Crippen LogP contribution is 2.27. The van der Waals surface area contributed by atoms with E-state index in [2.05, 4.69) is 0 Å². The molecule has 3 heteroatoms. The van der Waals surface area contributed by atoms with Gasteiger partial charge in [0.25, 0.3) is 0 Å². The van der Waals surface area contributed by atoms with E-state index in [0.29, 0.717) is 29.5 Å². The predicted octanol–water partition coefficient (Wildman–Crippen LogP) is 3.19. The summed E-state index contributed by atoms with van der Waals surface area (Å²) in [4.78, 5) is 24.1. The van der Waals surface area contributed by atoms with Gasteiger partial charge >= 0.3 is 0 Å². The molecule has 0 fully saturated rings. The Kier molecular flexibility index (Phi) is 2.75. The van der Waals surface area contributed by atoms with Crippen LogP contribution < -0.4 is 0 Å². The molecular weight excluding hydrogens is 243 g/mol. The Labute approximate surface area is 109 Å². The standard InChI is InChI=1S/C16H11FO2/c17-11-6-4-10(5-7-11)16(19)14-3-1-2-13-12(14)8-9-15(13)18/h1-7H,8-9H2. The topological polar surface area (TPSA) is 34.1 Å². The van der Waals surface area contributed by atoms with Crippen LogP contribution in [0.25, 0.3) is 0 Å². The van der Waals surface area contributed by atoms with E-state index >= 15 is 0 Å². The molecule has 0 spiro atoms. The predicted molar refractivity (Wildman–Crippen MR) is 68.9 cm³/mol. The molecule has 2 aromatic carbocycles. The van der Waals surface area contributed by atoms with Crippen molar-refractivity contribution in [3.8, 4) is 0 Å². The lowest BCUT2D eigenvalue weighted by Crippen LogP contribution is -2.05. The zero-order valence-corrected chi connectivity index (χ0v) is 10.2. The third-order valence-corrected chi connectivity index (χ3v) is 3.43. The van der Waals surface area contributed by atoms with Gasteiger partial charge in [0.2, 0.25) is 0 Å². The lowest BCUT2D eigenvalue weighted by atomic mass is 9.96. The smallest absolute Gasteiger partial charge is 0.193 e. The third kappa shape index (κ3) is 1.97. The van der Waals surface area contributed by atoms with Gasteiger partial charge in [0.1, 0.15) is 5.82 Å². The van der Waals surface area contributed by atoms with Crippen LogP contribution in [-0.2, 0) is 6.42 Å². The fourth-order valence-electron chi connectivity index (χ4n) is 2.46. The summed E-state index contributed by atoms with van der Waals surface area (Å²) < 4.78 is 12.9. The van der Waals surface area contributed by atoms with E-state index in [1.807, 2.05) is 0 Å². The molecule has 0 radical (unpaired) electrons. The summed E-state index contributed by atoms with van der Waals surface area (Å²) >= 11 is 0. The molecular formula is C16H11FO2. The largest absolute Gasteiger partial charge is 0.294 e. The van der Waals surface area contributed by atoms with E-state index in [1.54, 1.807) is 18.2 Å². The highest BCUT2D eigenvalue weighted by Gasteiger charge is 2.24. The van der Waals surface area contributed by atoms with Crippen molar-refractivity contribution < 1.29 is 14.0 Å². The maximum absolute atomic E-state index is 12.9. The molecule has 0 amide bonds. The summed E-state index contributed by atoms with van der Waals surface area (Å²) in [5, 5.41) is 0. The number of Topliss-reactive ketones (excluding diaryl/α,β-unsaturated/α-hetero) is 1. The minimum atomic E-state index is -0.370. The Bertz CT molecular complexity index is 672. The Morgan fingerprint density at radius 1 is 1.00 bits per heavy atom. The molecule has 0 aliphatic heterocycles. The quantitative estimate of drug-likeness (QED) is 0.771. The molecule has 0 heterocycles. The van der Waals surface area contributed by atoms with Gasteiger partial charge in [0.05, 0.1) is 0 Å². The molecule has 0 bridgehead atoms. The van der Waals surface area contributed by atoms with Crippen molar-refractivity contribution >= 4 is 11.6 Å². The second-order valence-corrected chi connectivity index (χ2v) is 4.59. The molecule has 0 saturated heterocycles. The number of carbonyl (C=O) groups is 2. The van der Waals surface area contributed by atoms with Gasteiger partial charge in [-0.2, -0.15) is 0 Å². The van der Waals surface area contributed by atoms with E-state index in [4.69, 9.17) is 0 Å². The highest BCUT2D eigenvalue weighted by molar-refractivity contribution is 6.12. The molecule has 0 aromatic heterocycles. The Balaban J connectivity index is 2.06. The van der Waals surface area contributed by atoms with E-state index < -0.39 is 0 Å². The number of benzene rings is 2. The molecule has 19 heavy (non-hydrogen) atoms. The van der Waals surface area contributed by atoms with Gasteiger partial charge in [0, 0.05) is 23.1 Å². The van der Waals surface area contributed by atoms with Crippen LogP contribution in [-0.4, -0.2) is 11.6 Å². The molecule has 0 atom stereocenters. The van der Waals surface area contributed by atoms with E-state index in [9.17, 15) is 14.0 Å². The van der Waals surface area contributed by atoms with Crippen LogP contribution in [0.4, 0.5) is 4.39 Å². The molecule has 0 unspecified atom stereocenters. The summed E-state index contributed by atoms with van der Waals surface area (Å²) in [5.74, 6) is -0.444. The number of hydrogen-bond donors (Lipinski definition) is 0. The first-order chi connectivity index (χ1) is 9.16. The van der Waals surface area contributed by atoms with Gasteiger partial charge in [-0.15, -0.1) is 0 Å². The van der Waals surface area contributed by atoms with E-state index in [-0.39, 0.29) is 17.4 Å². The van der Waals surface area contributed by atoms with Crippen LogP contribution in [0, 0.1) is 5.82 Å². The highest BCUT2D eigenvalue weighted by atomic mass is 19.1. The van der Waals surface area contributed by atoms with E-state index in [0.717, 1.165) is 5.56 Å². The minimum absolute atomic E-state index is 0.0868. The maximum Gasteiger partial charge on any atom is 0.193 e. The summed E-state index contributed by atoms with van der Waals surface area (Å²) in [6, 6.07) is 10.7. The van der Waals surface area contributed by atoms with Crippen molar-refractivity contribution in [1.29, 1.82) is 0 Å². The van der Waals surface area contributed by atoms with Crippen LogP contribution in [0.15, 0.2) is 42.5 Å². The molecule has 3 rings (SSSR count). The fraction of sp³-hybridized carbons (Fsp3) is 0.125. The van der Waals surface area contributed by atoms with Gasteiger partial charge < -0.3 is 0 Å². The lowest BCUT2D eigenvalue weighted by Gasteiger charge is -2.06. The van der Waals surface area contributed by atoms with Gasteiger partial charge in [-0.25, -0.2) is 4.39 Å². The summed E-state index contributed by atoms with van der Waals surface area (Å²) in [7, 11) is 0. The number of hydrogen-bond acceptors (Lipinski definition) is 2. The molecule has 1 aliphatic rings. The zero-order chi connectivity index (χ0) is 13.4. The average molecular weight is 254 g/mol. The van der Waals surface area contributed by atoms with Crippen molar-refractivity contribution in [2.75, 3.05) is 0 Å². The Morgan fingerprint density at radius 2 is 1.74 bits per heavy atom. The molecule has 94 valence electrons. The van der Waals surface area contributed by atoms with Crippen LogP contribution in [0.3, 0.4) is 0 Å². The van der Waals surface area contributed by atoms with Crippen LogP contribution >= 0.6 is 0 Å². The second kappa shape index (κ2) is 4.43. The monoisotopic (exact) mass is 254 g/mol. The van der Waals surface area contributed by atoms with Crippen molar-refractivity contribution in [1.82, 2.24) is 0 Å². The fourth-order valence-corrected chi connectivity index (χ4v) is 2.46. The van der Waals surface area contributed by atoms with Crippen LogP contribution in [0.1, 0.15) is 38.3 Å². The van der Waals surface area contributed by atoms with Gasteiger partial charge in [0.15, 0.2) is 11.6 Å². The van der Waals surface area contributed by atoms with Gasteiger partial charge in [-0.05, 0) is 36.2 Å². The first-order valence-corrected chi connectivity index (χ1v) is 6.12. The third-order valence-electron chi connectivity index (χ3n) is 3.43. The van der Waals surface area contributed by atoms with Crippen molar-refractivity contribution in [3.63, 3.8) is 0 Å². The van der Waals surface area contributed by atoms with Crippen LogP contribution in [0.5, 0.6) is 0 Å². The second-order valence-electron chi connectivity index (χ2n) is 4.59. The zero-order valence-electron chi connectivity index (χ0n) is 10.2. The van der Waals surface area contributed by atoms with Crippen molar-refractivity contribution in [3.05, 3.63) is 70.5 Å². The maximum atomic E-state index is 12.9. The minimum Gasteiger partial charge on any atom is -0.294 e. The van der Waals surface area contributed by atoms with Gasteiger partial charge in [-0.1, -0.05) is 18.2 Å². The normalized spacial score (nSPS) is 13.4. The first-order valence-electron chi connectivity index (χ1n) is 6.12. The lowest BCUT2D eigenvalue weighted by molar-refractivity contribution is 0.0993. The Morgan fingerprint density at radius 3 is 2.47 bits per heavy atom. The number of rotatable bonds is 2. The molecule has 2 aromatic rings. The average Bonchev–Trinajstić information content (AvgIpc) is 2.81. The molecule has 0 N–H and O–H groups in total. The van der Waals surface area contributed by atoms with Gasteiger partial charge in [-0.3, -0.25) is 9.59 Å². The number of carbonyl (C=O) groups excluding carboxylic acids is 2. The van der Waals surface area contributed by atoms with Crippen molar-refractivity contribution in [2.24, 2.45) is 0 Å². The SMILES string of the molecule is O=C1CCc2c1cccc2C(=O)c1ccc(F)cc1. The van der Waals surface area contributed by atoms with Crippen molar-refractivity contribution in [2.45, 2.75) is 12.8 Å². The molecule has 2 nitrogen and oxygen atoms in total. The number of ketones is 2. The number of halogens is 1. The molecule has 0 saturated carbocycles. The van der Waals surface area contributed by atoms with Crippen LogP contribution in [0.2, 0.25) is 0 Å². The number of fused-ring (bicyclic) bond motifs is 1. The molecule has 1 aliphatic carbocycles. The summed E-state index contributed by atoms with van der Waals surface area (Å²) in [6.45, 7) is 0.